The molecule has 2 heterocycles. The van der Waals surface area contributed by atoms with Crippen LogP contribution in [0.1, 0.15) is 37.9 Å². The van der Waals surface area contributed by atoms with Gasteiger partial charge >= 0.3 is 0 Å². The summed E-state index contributed by atoms with van der Waals surface area (Å²) in [6.07, 6.45) is 7.86. The molecule has 130 valence electrons. The SMILES string of the molecule is CCCC1CC1NC(=NC)N1CCOC(c2cnn(C)c2)C1.I. The number of aryl methyl sites for hydroxylation is 1. The molecule has 2 fully saturated rings. The van der Waals surface area contributed by atoms with Crippen molar-refractivity contribution in [3.05, 3.63) is 18.0 Å². The van der Waals surface area contributed by atoms with E-state index in [4.69, 9.17) is 4.74 Å². The van der Waals surface area contributed by atoms with Gasteiger partial charge in [-0.2, -0.15) is 5.10 Å². The zero-order chi connectivity index (χ0) is 15.5. The second kappa shape index (κ2) is 8.32. The molecule has 1 saturated heterocycles. The molecule has 1 aliphatic heterocycles. The molecule has 7 heteroatoms. The van der Waals surface area contributed by atoms with Gasteiger partial charge in [0, 0.05) is 38.4 Å². The molecule has 0 spiro atoms. The Hall–Kier alpha value is -0.830. The molecule has 1 aromatic rings. The van der Waals surface area contributed by atoms with Gasteiger partial charge in [0.1, 0.15) is 6.10 Å². The monoisotopic (exact) mass is 433 g/mol. The summed E-state index contributed by atoms with van der Waals surface area (Å²) in [4.78, 5) is 6.78. The highest BCUT2D eigenvalue weighted by Crippen LogP contribution is 2.34. The highest BCUT2D eigenvalue weighted by Gasteiger charge is 2.38. The van der Waals surface area contributed by atoms with Crippen molar-refractivity contribution < 1.29 is 4.74 Å². The molecule has 3 unspecified atom stereocenters. The van der Waals surface area contributed by atoms with Gasteiger partial charge < -0.3 is 15.0 Å². The van der Waals surface area contributed by atoms with Crippen molar-refractivity contribution >= 4 is 29.9 Å². The van der Waals surface area contributed by atoms with E-state index in [1.54, 1.807) is 0 Å². The number of ether oxygens (including phenoxy) is 1. The van der Waals surface area contributed by atoms with Gasteiger partial charge in [0.2, 0.25) is 0 Å². The maximum absolute atomic E-state index is 5.90. The molecular weight excluding hydrogens is 405 g/mol. The van der Waals surface area contributed by atoms with Gasteiger partial charge in [-0.3, -0.25) is 9.67 Å². The van der Waals surface area contributed by atoms with Crippen molar-refractivity contribution in [3.8, 4) is 0 Å². The van der Waals surface area contributed by atoms with Gasteiger partial charge in [0.15, 0.2) is 5.96 Å². The van der Waals surface area contributed by atoms with Crippen molar-refractivity contribution in [2.45, 2.75) is 38.3 Å². The molecule has 1 N–H and O–H groups in total. The summed E-state index contributed by atoms with van der Waals surface area (Å²) < 4.78 is 7.73. The van der Waals surface area contributed by atoms with E-state index in [0.29, 0.717) is 6.04 Å². The van der Waals surface area contributed by atoms with Crippen LogP contribution in [-0.4, -0.2) is 53.4 Å². The molecule has 0 aromatic carbocycles. The Labute approximate surface area is 155 Å². The van der Waals surface area contributed by atoms with Crippen LogP contribution in [0, 0.1) is 5.92 Å². The minimum absolute atomic E-state index is 0. The first-order chi connectivity index (χ1) is 10.7. The van der Waals surface area contributed by atoms with Gasteiger partial charge in [-0.25, -0.2) is 0 Å². The lowest BCUT2D eigenvalue weighted by Gasteiger charge is -2.34. The molecule has 3 atom stereocenters. The van der Waals surface area contributed by atoms with Gasteiger partial charge in [-0.1, -0.05) is 13.3 Å². The lowest BCUT2D eigenvalue weighted by Crippen LogP contribution is -2.49. The number of aromatic nitrogens is 2. The van der Waals surface area contributed by atoms with Crippen molar-refractivity contribution in [2.75, 3.05) is 26.7 Å². The quantitative estimate of drug-likeness (QED) is 0.450. The summed E-state index contributed by atoms with van der Waals surface area (Å²) in [5.74, 6) is 1.85. The number of rotatable bonds is 4. The Balaban J connectivity index is 0.00000192. The van der Waals surface area contributed by atoms with Crippen LogP contribution < -0.4 is 5.32 Å². The second-order valence-corrected chi connectivity index (χ2v) is 6.34. The smallest absolute Gasteiger partial charge is 0.194 e. The molecule has 0 amide bonds. The fourth-order valence-electron chi connectivity index (χ4n) is 3.23. The predicted molar refractivity (Wildman–Crippen MR) is 102 cm³/mol. The first kappa shape index (κ1) is 18.5. The van der Waals surface area contributed by atoms with E-state index in [1.165, 1.54) is 19.3 Å². The molecule has 6 nitrogen and oxygen atoms in total. The van der Waals surface area contributed by atoms with Crippen LogP contribution >= 0.6 is 24.0 Å². The molecular formula is C16H28IN5O. The maximum Gasteiger partial charge on any atom is 0.194 e. The molecule has 0 bridgehead atoms. The lowest BCUT2D eigenvalue weighted by molar-refractivity contribution is -0.00808. The molecule has 3 rings (SSSR count). The summed E-state index contributed by atoms with van der Waals surface area (Å²) in [7, 11) is 3.81. The van der Waals surface area contributed by atoms with Gasteiger partial charge in [0.25, 0.3) is 0 Å². The highest BCUT2D eigenvalue weighted by molar-refractivity contribution is 14.0. The fourth-order valence-corrected chi connectivity index (χ4v) is 3.23. The number of nitrogens with zero attached hydrogens (tertiary/aromatic N) is 4. The molecule has 1 aromatic heterocycles. The third kappa shape index (κ3) is 4.59. The van der Waals surface area contributed by atoms with Crippen LogP contribution in [0.2, 0.25) is 0 Å². The maximum atomic E-state index is 5.90. The van der Waals surface area contributed by atoms with Crippen molar-refractivity contribution in [2.24, 2.45) is 18.0 Å². The molecule has 0 radical (unpaired) electrons. The van der Waals surface area contributed by atoms with Crippen LogP contribution in [0.15, 0.2) is 17.4 Å². The van der Waals surface area contributed by atoms with E-state index in [-0.39, 0.29) is 30.1 Å². The Bertz CT molecular complexity index is 532. The molecule has 2 aliphatic rings. The zero-order valence-electron chi connectivity index (χ0n) is 14.2. The van der Waals surface area contributed by atoms with E-state index in [1.807, 2.05) is 31.2 Å². The van der Waals surface area contributed by atoms with E-state index < -0.39 is 0 Å². The van der Waals surface area contributed by atoms with Crippen LogP contribution in [0.3, 0.4) is 0 Å². The number of aliphatic imine (C=N–C) groups is 1. The normalized spacial score (nSPS) is 27.5. The largest absolute Gasteiger partial charge is 0.370 e. The number of morpholine rings is 1. The highest BCUT2D eigenvalue weighted by atomic mass is 127. The van der Waals surface area contributed by atoms with Gasteiger partial charge in [-0.05, 0) is 18.8 Å². The first-order valence-corrected chi connectivity index (χ1v) is 8.29. The van der Waals surface area contributed by atoms with Crippen LogP contribution in [0.4, 0.5) is 0 Å². The van der Waals surface area contributed by atoms with Crippen LogP contribution in [0.5, 0.6) is 0 Å². The van der Waals surface area contributed by atoms with E-state index in [9.17, 15) is 0 Å². The lowest BCUT2D eigenvalue weighted by atomic mass is 10.1. The summed E-state index contributed by atoms with van der Waals surface area (Å²) in [5.41, 5.74) is 1.14. The van der Waals surface area contributed by atoms with Gasteiger partial charge in [0.05, 0.1) is 19.3 Å². The fraction of sp³-hybridized carbons (Fsp3) is 0.750. The second-order valence-electron chi connectivity index (χ2n) is 6.34. The van der Waals surface area contributed by atoms with E-state index >= 15 is 0 Å². The number of hydrogen-bond donors (Lipinski definition) is 1. The third-order valence-corrected chi connectivity index (χ3v) is 4.57. The standard InChI is InChI=1S/C16H27N5O.HI/c1-4-5-12-8-14(12)19-16(17-2)21-6-7-22-15(11-21)13-9-18-20(3)10-13;/h9-10,12,14-15H,4-8,11H2,1-3H3,(H,17,19);1H. The predicted octanol–water partition coefficient (Wildman–Crippen LogP) is 2.18. The minimum Gasteiger partial charge on any atom is -0.370 e. The summed E-state index contributed by atoms with van der Waals surface area (Å²) in [5, 5.41) is 7.86. The summed E-state index contributed by atoms with van der Waals surface area (Å²) >= 11 is 0. The topological polar surface area (TPSA) is 54.7 Å². The minimum atomic E-state index is 0. The molecule has 23 heavy (non-hydrogen) atoms. The van der Waals surface area contributed by atoms with Crippen molar-refractivity contribution in [3.63, 3.8) is 0 Å². The van der Waals surface area contributed by atoms with Crippen LogP contribution in [0.25, 0.3) is 0 Å². The number of halogens is 1. The average Bonchev–Trinajstić information content (AvgIpc) is 3.11. The van der Waals surface area contributed by atoms with Crippen molar-refractivity contribution in [1.29, 1.82) is 0 Å². The summed E-state index contributed by atoms with van der Waals surface area (Å²) in [6, 6.07) is 0.610. The molecule has 1 aliphatic carbocycles. The number of hydrogen-bond acceptors (Lipinski definition) is 3. The van der Waals surface area contributed by atoms with Crippen molar-refractivity contribution in [1.82, 2.24) is 20.0 Å². The van der Waals surface area contributed by atoms with E-state index in [0.717, 1.165) is 37.1 Å². The zero-order valence-corrected chi connectivity index (χ0v) is 16.6. The Kier molecular flexibility index (Phi) is 6.70. The number of guanidine groups is 1. The Morgan fingerprint density at radius 2 is 2.35 bits per heavy atom. The number of nitrogens with one attached hydrogen (secondary N) is 1. The average molecular weight is 433 g/mol. The van der Waals surface area contributed by atoms with E-state index in [2.05, 4.69) is 27.2 Å². The Morgan fingerprint density at radius 1 is 1.52 bits per heavy atom. The third-order valence-electron chi connectivity index (χ3n) is 4.57. The molecule has 1 saturated carbocycles. The summed E-state index contributed by atoms with van der Waals surface area (Å²) in [6.45, 7) is 4.70. The Morgan fingerprint density at radius 3 is 3.00 bits per heavy atom. The first-order valence-electron chi connectivity index (χ1n) is 8.29. The van der Waals surface area contributed by atoms with Gasteiger partial charge in [-0.15, -0.1) is 24.0 Å². The van der Waals surface area contributed by atoms with Crippen LogP contribution in [-0.2, 0) is 11.8 Å².